The van der Waals surface area contributed by atoms with E-state index in [1.54, 1.807) is 23.5 Å². The molecule has 0 aliphatic carbocycles. The van der Waals surface area contributed by atoms with Crippen molar-refractivity contribution in [3.63, 3.8) is 0 Å². The fourth-order valence-electron chi connectivity index (χ4n) is 2.08. The van der Waals surface area contributed by atoms with E-state index in [1.807, 2.05) is 31.2 Å². The lowest BCUT2D eigenvalue weighted by atomic mass is 10.3. The molecule has 0 aliphatic rings. The predicted octanol–water partition coefficient (Wildman–Crippen LogP) is 3.74. The average Bonchev–Trinajstić information content (AvgIpc) is 3.17. The summed E-state index contributed by atoms with van der Waals surface area (Å²) < 4.78 is 6.74. The summed E-state index contributed by atoms with van der Waals surface area (Å²) in [7, 11) is 0. The number of likely N-dealkylation sites (N-methyl/N-ethyl adjacent to an activating group) is 1. The smallest absolute Gasteiger partial charge is 0.287 e. The molecular formula is C16H19Cl2N3O2S. The van der Waals surface area contributed by atoms with Gasteiger partial charge in [0.05, 0.1) is 10.2 Å². The van der Waals surface area contributed by atoms with Crippen molar-refractivity contribution in [2.45, 2.75) is 6.92 Å². The van der Waals surface area contributed by atoms with E-state index in [9.17, 15) is 4.79 Å². The van der Waals surface area contributed by atoms with E-state index in [4.69, 9.17) is 4.42 Å². The standard InChI is InChI=1S/C16H17N3O2S.2ClH/c1-2-17-9-10-18-15(20)12-7-8-13(21-12)16-19-11-5-3-4-6-14(11)22-16;;/h3-8,17H,2,9-10H2,1H3,(H,18,20);2*1H. The highest BCUT2D eigenvalue weighted by Crippen LogP contribution is 2.30. The third-order valence-corrected chi connectivity index (χ3v) is 4.22. The van der Waals surface area contributed by atoms with Crippen LogP contribution in [0.2, 0.25) is 0 Å². The summed E-state index contributed by atoms with van der Waals surface area (Å²) in [5.41, 5.74) is 0.940. The number of nitrogens with zero attached hydrogens (tertiary/aromatic N) is 1. The molecule has 3 aromatic rings. The Morgan fingerprint density at radius 2 is 1.96 bits per heavy atom. The van der Waals surface area contributed by atoms with Gasteiger partial charge in [-0.2, -0.15) is 0 Å². The van der Waals surface area contributed by atoms with Gasteiger partial charge in [-0.05, 0) is 30.8 Å². The van der Waals surface area contributed by atoms with Gasteiger partial charge < -0.3 is 15.1 Å². The Balaban J connectivity index is 0.00000144. The van der Waals surface area contributed by atoms with Crippen molar-refractivity contribution in [3.05, 3.63) is 42.2 Å². The van der Waals surface area contributed by atoms with Gasteiger partial charge in [-0.25, -0.2) is 4.98 Å². The van der Waals surface area contributed by atoms with Crippen LogP contribution in [0.25, 0.3) is 21.0 Å². The van der Waals surface area contributed by atoms with E-state index in [-0.39, 0.29) is 30.7 Å². The van der Waals surface area contributed by atoms with Crippen LogP contribution in [-0.2, 0) is 0 Å². The molecule has 2 N–H and O–H groups in total. The quantitative estimate of drug-likeness (QED) is 0.632. The third-order valence-electron chi connectivity index (χ3n) is 3.17. The van der Waals surface area contributed by atoms with Gasteiger partial charge in [0, 0.05) is 13.1 Å². The van der Waals surface area contributed by atoms with Crippen LogP contribution in [0.5, 0.6) is 0 Å². The molecule has 0 fully saturated rings. The summed E-state index contributed by atoms with van der Waals surface area (Å²) in [6.07, 6.45) is 0. The maximum absolute atomic E-state index is 12.0. The molecule has 8 heteroatoms. The van der Waals surface area contributed by atoms with Crippen molar-refractivity contribution in [2.75, 3.05) is 19.6 Å². The molecule has 1 amide bonds. The van der Waals surface area contributed by atoms with Gasteiger partial charge in [-0.1, -0.05) is 19.1 Å². The van der Waals surface area contributed by atoms with E-state index in [2.05, 4.69) is 15.6 Å². The first-order chi connectivity index (χ1) is 10.8. The van der Waals surface area contributed by atoms with E-state index in [1.165, 1.54) is 0 Å². The van der Waals surface area contributed by atoms with Gasteiger partial charge >= 0.3 is 0 Å². The zero-order valence-electron chi connectivity index (χ0n) is 13.1. The van der Waals surface area contributed by atoms with Crippen LogP contribution in [0, 0.1) is 0 Å². The number of thiazole rings is 1. The molecular weight excluding hydrogens is 369 g/mol. The Hall–Kier alpha value is -1.60. The highest BCUT2D eigenvalue weighted by atomic mass is 35.5. The average molecular weight is 388 g/mol. The molecule has 24 heavy (non-hydrogen) atoms. The molecule has 2 heterocycles. The lowest BCUT2D eigenvalue weighted by Gasteiger charge is -2.03. The molecule has 0 radical (unpaired) electrons. The Bertz CT molecular complexity index is 755. The molecule has 0 bridgehead atoms. The number of amides is 1. The van der Waals surface area contributed by atoms with Gasteiger partial charge in [0.25, 0.3) is 5.91 Å². The van der Waals surface area contributed by atoms with Crippen LogP contribution in [0.15, 0.2) is 40.8 Å². The number of furan rings is 1. The predicted molar refractivity (Wildman–Crippen MR) is 103 cm³/mol. The number of hydrogen-bond acceptors (Lipinski definition) is 5. The number of rotatable bonds is 6. The van der Waals surface area contributed by atoms with Crippen LogP contribution < -0.4 is 10.6 Å². The Morgan fingerprint density at radius 1 is 1.17 bits per heavy atom. The van der Waals surface area contributed by atoms with Crippen molar-refractivity contribution in [2.24, 2.45) is 0 Å². The summed E-state index contributed by atoms with van der Waals surface area (Å²) in [6, 6.07) is 11.4. The van der Waals surface area contributed by atoms with Crippen molar-refractivity contribution >= 4 is 52.3 Å². The minimum absolute atomic E-state index is 0. The van der Waals surface area contributed by atoms with Gasteiger partial charge in [-0.3, -0.25) is 4.79 Å². The molecule has 0 saturated heterocycles. The maximum Gasteiger partial charge on any atom is 0.287 e. The van der Waals surface area contributed by atoms with Crippen LogP contribution >= 0.6 is 36.2 Å². The number of carbonyl (C=O) groups is 1. The third kappa shape index (κ3) is 4.70. The lowest BCUT2D eigenvalue weighted by molar-refractivity contribution is 0.0927. The first kappa shape index (κ1) is 20.4. The van der Waals surface area contributed by atoms with E-state index in [0.29, 0.717) is 18.1 Å². The Kier molecular flexibility index (Phi) is 8.21. The number of para-hydroxylation sites is 1. The fourth-order valence-corrected chi connectivity index (χ4v) is 3.01. The number of nitrogens with one attached hydrogen (secondary N) is 2. The molecule has 130 valence electrons. The molecule has 5 nitrogen and oxygen atoms in total. The van der Waals surface area contributed by atoms with Crippen LogP contribution in [-0.4, -0.2) is 30.5 Å². The van der Waals surface area contributed by atoms with Gasteiger partial charge in [0.1, 0.15) is 0 Å². The topological polar surface area (TPSA) is 67.2 Å². The van der Waals surface area contributed by atoms with Crippen molar-refractivity contribution in [3.8, 4) is 10.8 Å². The molecule has 0 unspecified atom stereocenters. The molecule has 1 aromatic carbocycles. The molecule has 2 aromatic heterocycles. The SMILES string of the molecule is CCNCCNC(=O)c1ccc(-c2nc3ccccc3s2)o1.Cl.Cl. The first-order valence-corrected chi connectivity index (χ1v) is 8.04. The summed E-state index contributed by atoms with van der Waals surface area (Å²) in [6.45, 7) is 4.23. The Morgan fingerprint density at radius 3 is 2.71 bits per heavy atom. The number of fused-ring (bicyclic) bond motifs is 1. The van der Waals surface area contributed by atoms with Crippen molar-refractivity contribution < 1.29 is 9.21 Å². The zero-order valence-corrected chi connectivity index (χ0v) is 15.5. The Labute approximate surface area is 156 Å². The van der Waals surface area contributed by atoms with Crippen LogP contribution in [0.4, 0.5) is 0 Å². The second kappa shape index (κ2) is 9.64. The van der Waals surface area contributed by atoms with E-state index in [0.717, 1.165) is 28.3 Å². The fraction of sp³-hybridized carbons (Fsp3) is 0.250. The maximum atomic E-state index is 12.0. The number of hydrogen-bond donors (Lipinski definition) is 2. The highest BCUT2D eigenvalue weighted by molar-refractivity contribution is 7.21. The minimum Gasteiger partial charge on any atom is -0.448 e. The second-order valence-corrected chi connectivity index (χ2v) is 5.79. The molecule has 0 atom stereocenters. The largest absolute Gasteiger partial charge is 0.448 e. The number of halogens is 2. The van der Waals surface area contributed by atoms with Gasteiger partial charge in [0.2, 0.25) is 0 Å². The minimum atomic E-state index is -0.203. The number of benzene rings is 1. The molecule has 3 rings (SSSR count). The monoisotopic (exact) mass is 387 g/mol. The second-order valence-electron chi connectivity index (χ2n) is 4.76. The van der Waals surface area contributed by atoms with Crippen molar-refractivity contribution in [1.29, 1.82) is 0 Å². The first-order valence-electron chi connectivity index (χ1n) is 7.22. The number of carbonyl (C=O) groups excluding carboxylic acids is 1. The number of aromatic nitrogens is 1. The van der Waals surface area contributed by atoms with Crippen LogP contribution in [0.3, 0.4) is 0 Å². The summed E-state index contributed by atoms with van der Waals surface area (Å²) in [5, 5.41) is 6.75. The van der Waals surface area contributed by atoms with Gasteiger partial charge in [0.15, 0.2) is 16.5 Å². The summed E-state index contributed by atoms with van der Waals surface area (Å²) in [4.78, 5) is 16.5. The summed E-state index contributed by atoms with van der Waals surface area (Å²) in [5.74, 6) is 0.731. The van der Waals surface area contributed by atoms with Crippen molar-refractivity contribution in [1.82, 2.24) is 15.6 Å². The van der Waals surface area contributed by atoms with Gasteiger partial charge in [-0.15, -0.1) is 36.2 Å². The molecule has 0 saturated carbocycles. The highest BCUT2D eigenvalue weighted by Gasteiger charge is 2.14. The molecule has 0 spiro atoms. The van der Waals surface area contributed by atoms with Crippen LogP contribution in [0.1, 0.15) is 17.5 Å². The zero-order chi connectivity index (χ0) is 15.4. The molecule has 0 aliphatic heterocycles. The van der Waals surface area contributed by atoms with E-state index < -0.39 is 0 Å². The normalized spacial score (nSPS) is 10.0. The lowest BCUT2D eigenvalue weighted by Crippen LogP contribution is -2.31. The van der Waals surface area contributed by atoms with E-state index >= 15 is 0 Å². The summed E-state index contributed by atoms with van der Waals surface area (Å²) >= 11 is 1.55.